The molecule has 1 fully saturated rings. The van der Waals surface area contributed by atoms with E-state index in [0.717, 1.165) is 35.6 Å². The number of rotatable bonds is 6. The number of thiophene rings is 2. The van der Waals surface area contributed by atoms with E-state index in [4.69, 9.17) is 4.74 Å². The van der Waals surface area contributed by atoms with Gasteiger partial charge in [0.15, 0.2) is 0 Å². The van der Waals surface area contributed by atoms with Gasteiger partial charge in [-0.05, 0) is 42.2 Å². The maximum atomic E-state index is 12.2. The van der Waals surface area contributed by atoms with E-state index in [2.05, 4.69) is 22.8 Å². The second-order valence-corrected chi connectivity index (χ2v) is 7.25. The number of carbonyl (C=O) groups excluding carboxylic acids is 1. The van der Waals surface area contributed by atoms with Gasteiger partial charge in [-0.15, -0.1) is 22.7 Å². The SMILES string of the molecule is O=C(NCC[C@H]1CCCO1)NC(c1cccs1)c1cccs1. The number of urea groups is 1. The van der Waals surface area contributed by atoms with Gasteiger partial charge in [-0.2, -0.15) is 0 Å². The first-order valence-electron chi connectivity index (χ1n) is 7.55. The van der Waals surface area contributed by atoms with Crippen LogP contribution in [0.25, 0.3) is 0 Å². The summed E-state index contributed by atoms with van der Waals surface area (Å²) < 4.78 is 5.57. The summed E-state index contributed by atoms with van der Waals surface area (Å²) in [6.07, 6.45) is 3.44. The first kappa shape index (κ1) is 15.5. The Morgan fingerprint density at radius 1 is 1.27 bits per heavy atom. The summed E-state index contributed by atoms with van der Waals surface area (Å²) >= 11 is 3.32. The van der Waals surface area contributed by atoms with Crippen LogP contribution in [0.3, 0.4) is 0 Å². The molecule has 1 aliphatic heterocycles. The monoisotopic (exact) mass is 336 g/mol. The van der Waals surface area contributed by atoms with Gasteiger partial charge in [0.25, 0.3) is 0 Å². The zero-order valence-corrected chi connectivity index (χ0v) is 13.9. The lowest BCUT2D eigenvalue weighted by atomic mass is 10.2. The Balaban J connectivity index is 1.53. The predicted molar refractivity (Wildman–Crippen MR) is 90.6 cm³/mol. The molecule has 2 aromatic heterocycles. The topological polar surface area (TPSA) is 50.4 Å². The van der Waals surface area contributed by atoms with Gasteiger partial charge >= 0.3 is 6.03 Å². The summed E-state index contributed by atoms with van der Waals surface area (Å²) in [5.41, 5.74) is 0. The van der Waals surface area contributed by atoms with Gasteiger partial charge in [-0.1, -0.05) is 12.1 Å². The summed E-state index contributed by atoms with van der Waals surface area (Å²) in [7, 11) is 0. The largest absolute Gasteiger partial charge is 0.378 e. The van der Waals surface area contributed by atoms with Crippen molar-refractivity contribution >= 4 is 28.7 Å². The Hall–Kier alpha value is -1.37. The van der Waals surface area contributed by atoms with Crippen LogP contribution in [0.2, 0.25) is 0 Å². The molecule has 6 heteroatoms. The second kappa shape index (κ2) is 7.76. The molecule has 0 spiro atoms. The molecule has 0 unspecified atom stereocenters. The molecule has 22 heavy (non-hydrogen) atoms. The second-order valence-electron chi connectivity index (χ2n) is 5.29. The third-order valence-corrected chi connectivity index (χ3v) is 5.58. The number of nitrogens with one attached hydrogen (secondary N) is 2. The molecule has 0 aliphatic carbocycles. The molecule has 0 aromatic carbocycles. The van der Waals surface area contributed by atoms with Gasteiger partial charge in [-0.25, -0.2) is 4.79 Å². The van der Waals surface area contributed by atoms with Crippen molar-refractivity contribution in [3.8, 4) is 0 Å². The number of ether oxygens (including phenoxy) is 1. The molecule has 0 saturated carbocycles. The van der Waals surface area contributed by atoms with Crippen LogP contribution in [0.4, 0.5) is 4.79 Å². The lowest BCUT2D eigenvalue weighted by molar-refractivity contribution is 0.104. The van der Waals surface area contributed by atoms with E-state index >= 15 is 0 Å². The highest BCUT2D eigenvalue weighted by Crippen LogP contribution is 2.28. The number of amides is 2. The third kappa shape index (κ3) is 4.09. The number of hydrogen-bond donors (Lipinski definition) is 2. The molecular weight excluding hydrogens is 316 g/mol. The molecule has 1 atom stereocenters. The van der Waals surface area contributed by atoms with Crippen molar-refractivity contribution in [1.29, 1.82) is 0 Å². The van der Waals surface area contributed by atoms with Gasteiger partial charge in [0.05, 0.1) is 12.1 Å². The fraction of sp³-hybridized carbons (Fsp3) is 0.438. The molecule has 4 nitrogen and oxygen atoms in total. The Kier molecular flexibility index (Phi) is 5.48. The smallest absolute Gasteiger partial charge is 0.315 e. The van der Waals surface area contributed by atoms with E-state index in [1.165, 1.54) is 0 Å². The minimum atomic E-state index is -0.121. The van der Waals surface area contributed by atoms with Crippen molar-refractivity contribution < 1.29 is 9.53 Å². The molecular formula is C16H20N2O2S2. The fourth-order valence-electron chi connectivity index (χ4n) is 2.59. The van der Waals surface area contributed by atoms with Crippen LogP contribution in [0.15, 0.2) is 35.0 Å². The normalized spacial score (nSPS) is 17.8. The molecule has 2 N–H and O–H groups in total. The minimum Gasteiger partial charge on any atom is -0.378 e. The zero-order valence-electron chi connectivity index (χ0n) is 12.3. The van der Waals surface area contributed by atoms with Gasteiger partial charge in [0.1, 0.15) is 0 Å². The first-order valence-corrected chi connectivity index (χ1v) is 9.31. The van der Waals surface area contributed by atoms with Crippen molar-refractivity contribution in [2.45, 2.75) is 31.4 Å². The molecule has 3 heterocycles. The Labute approximate surface area is 138 Å². The van der Waals surface area contributed by atoms with Crippen molar-refractivity contribution in [2.75, 3.05) is 13.2 Å². The lowest BCUT2D eigenvalue weighted by Crippen LogP contribution is -2.39. The van der Waals surface area contributed by atoms with Crippen LogP contribution < -0.4 is 10.6 Å². The Morgan fingerprint density at radius 3 is 2.55 bits per heavy atom. The van der Waals surface area contributed by atoms with Crippen LogP contribution in [-0.2, 0) is 4.74 Å². The average Bonchev–Trinajstić information content (AvgIpc) is 3.26. The fourth-order valence-corrected chi connectivity index (χ4v) is 4.26. The van der Waals surface area contributed by atoms with Gasteiger partial charge < -0.3 is 15.4 Å². The maximum absolute atomic E-state index is 12.2. The number of carbonyl (C=O) groups is 1. The van der Waals surface area contributed by atoms with Gasteiger partial charge in [0, 0.05) is 22.9 Å². The summed E-state index contributed by atoms with van der Waals surface area (Å²) in [5, 5.41) is 10.1. The maximum Gasteiger partial charge on any atom is 0.315 e. The quantitative estimate of drug-likeness (QED) is 0.844. The zero-order chi connectivity index (χ0) is 15.2. The standard InChI is InChI=1S/C16H20N2O2S2/c19-16(17-8-7-12-4-1-9-20-12)18-15(13-5-2-10-21-13)14-6-3-11-22-14/h2-3,5-6,10-12,15H,1,4,7-9H2,(H2,17,18,19)/t12-/m1/s1. The van der Waals surface area contributed by atoms with Gasteiger partial charge in [0.2, 0.25) is 0 Å². The van der Waals surface area contributed by atoms with E-state index in [1.54, 1.807) is 22.7 Å². The van der Waals surface area contributed by atoms with E-state index in [-0.39, 0.29) is 12.1 Å². The van der Waals surface area contributed by atoms with Crippen LogP contribution in [0, 0.1) is 0 Å². The summed E-state index contributed by atoms with van der Waals surface area (Å²) in [6, 6.07) is 7.95. The molecule has 2 amide bonds. The van der Waals surface area contributed by atoms with Crippen molar-refractivity contribution in [3.05, 3.63) is 44.8 Å². The molecule has 2 aromatic rings. The third-order valence-electron chi connectivity index (χ3n) is 3.71. The molecule has 1 aliphatic rings. The van der Waals surface area contributed by atoms with Crippen molar-refractivity contribution in [1.82, 2.24) is 10.6 Å². The van der Waals surface area contributed by atoms with E-state index in [1.807, 2.05) is 22.9 Å². The molecule has 118 valence electrons. The molecule has 0 radical (unpaired) electrons. The van der Waals surface area contributed by atoms with Crippen molar-refractivity contribution in [3.63, 3.8) is 0 Å². The van der Waals surface area contributed by atoms with Crippen LogP contribution in [0.1, 0.15) is 35.1 Å². The Morgan fingerprint density at radius 2 is 2.00 bits per heavy atom. The molecule has 1 saturated heterocycles. The highest BCUT2D eigenvalue weighted by atomic mass is 32.1. The molecule has 0 bridgehead atoms. The summed E-state index contributed by atoms with van der Waals surface area (Å²) in [6.45, 7) is 1.51. The first-order chi connectivity index (χ1) is 10.8. The van der Waals surface area contributed by atoms with E-state index < -0.39 is 0 Å². The van der Waals surface area contributed by atoms with Crippen LogP contribution in [0.5, 0.6) is 0 Å². The summed E-state index contributed by atoms with van der Waals surface area (Å²) in [5.74, 6) is 0. The Bertz CT molecular complexity index is 529. The van der Waals surface area contributed by atoms with E-state index in [0.29, 0.717) is 12.6 Å². The van der Waals surface area contributed by atoms with E-state index in [9.17, 15) is 4.79 Å². The molecule has 3 rings (SSSR count). The highest BCUT2D eigenvalue weighted by molar-refractivity contribution is 7.11. The number of hydrogen-bond acceptors (Lipinski definition) is 4. The average molecular weight is 336 g/mol. The van der Waals surface area contributed by atoms with Crippen LogP contribution >= 0.6 is 22.7 Å². The highest BCUT2D eigenvalue weighted by Gasteiger charge is 2.19. The predicted octanol–water partition coefficient (Wildman–Crippen LogP) is 3.77. The minimum absolute atomic E-state index is 0.0669. The summed E-state index contributed by atoms with van der Waals surface area (Å²) in [4.78, 5) is 14.5. The van der Waals surface area contributed by atoms with Crippen molar-refractivity contribution in [2.24, 2.45) is 0 Å². The van der Waals surface area contributed by atoms with Crippen LogP contribution in [-0.4, -0.2) is 25.3 Å². The lowest BCUT2D eigenvalue weighted by Gasteiger charge is -2.17. The van der Waals surface area contributed by atoms with Gasteiger partial charge in [-0.3, -0.25) is 0 Å².